The molecule has 0 amide bonds. The first-order valence-corrected chi connectivity index (χ1v) is 8.16. The van der Waals surface area contributed by atoms with Crippen molar-refractivity contribution in [3.63, 3.8) is 0 Å². The molecule has 5 heteroatoms. The van der Waals surface area contributed by atoms with Crippen molar-refractivity contribution in [3.8, 4) is 0 Å². The van der Waals surface area contributed by atoms with Crippen LogP contribution in [0.4, 0.5) is 0 Å². The van der Waals surface area contributed by atoms with E-state index in [1.54, 1.807) is 0 Å². The molecular formula is C17H22ClN3O. The van der Waals surface area contributed by atoms with Crippen LogP contribution in [0.2, 0.25) is 5.02 Å². The van der Waals surface area contributed by atoms with Gasteiger partial charge in [0, 0.05) is 55.9 Å². The summed E-state index contributed by atoms with van der Waals surface area (Å²) in [5, 5.41) is 11.3. The second kappa shape index (κ2) is 6.92. The maximum absolute atomic E-state index is 9.47. The zero-order valence-electron chi connectivity index (χ0n) is 12.9. The van der Waals surface area contributed by atoms with Crippen molar-refractivity contribution in [2.45, 2.75) is 19.6 Å². The molecule has 1 fully saturated rings. The zero-order valence-corrected chi connectivity index (χ0v) is 13.6. The Labute approximate surface area is 136 Å². The zero-order chi connectivity index (χ0) is 15.5. The van der Waals surface area contributed by atoms with Crippen LogP contribution < -0.4 is 0 Å². The van der Waals surface area contributed by atoms with E-state index < -0.39 is 0 Å². The largest absolute Gasteiger partial charge is 0.392 e. The Balaban J connectivity index is 1.69. The van der Waals surface area contributed by atoms with Gasteiger partial charge in [-0.2, -0.15) is 0 Å². The Kier molecular flexibility index (Phi) is 4.93. The molecule has 2 heterocycles. The second-order valence-corrected chi connectivity index (χ2v) is 6.44. The first-order chi connectivity index (χ1) is 10.6. The first kappa shape index (κ1) is 15.7. The topological polar surface area (TPSA) is 39.6 Å². The molecule has 1 N–H and O–H groups in total. The molecule has 1 aliphatic heterocycles. The van der Waals surface area contributed by atoms with E-state index in [-0.39, 0.29) is 6.10 Å². The fourth-order valence-corrected chi connectivity index (χ4v) is 3.28. The smallest absolute Gasteiger partial charge is 0.0761 e. The normalized spacial score (nSPS) is 18.7. The number of nitrogens with zero attached hydrogens (tertiary/aromatic N) is 3. The van der Waals surface area contributed by atoms with Crippen LogP contribution in [0, 0.1) is 0 Å². The van der Waals surface area contributed by atoms with Gasteiger partial charge in [0.2, 0.25) is 0 Å². The van der Waals surface area contributed by atoms with E-state index >= 15 is 0 Å². The molecule has 0 bridgehead atoms. The minimum atomic E-state index is -0.254. The van der Waals surface area contributed by atoms with Crippen LogP contribution >= 0.6 is 11.6 Å². The van der Waals surface area contributed by atoms with Crippen molar-refractivity contribution < 1.29 is 5.11 Å². The third kappa shape index (κ3) is 3.58. The number of benzene rings is 1. The Morgan fingerprint density at radius 1 is 1.18 bits per heavy atom. The third-order valence-electron chi connectivity index (χ3n) is 4.18. The molecule has 2 aromatic rings. The number of β-amino-alcohol motifs (C(OH)–C–C–N with tert-alkyl or cyclic N) is 1. The lowest BCUT2D eigenvalue weighted by molar-refractivity contribution is 0.0782. The van der Waals surface area contributed by atoms with Crippen LogP contribution in [0.15, 0.2) is 30.5 Å². The molecule has 4 nitrogen and oxygen atoms in total. The van der Waals surface area contributed by atoms with Crippen LogP contribution in [0.1, 0.15) is 12.5 Å². The van der Waals surface area contributed by atoms with Crippen molar-refractivity contribution in [1.29, 1.82) is 0 Å². The Bertz CT molecular complexity index is 639. The average molecular weight is 320 g/mol. The maximum Gasteiger partial charge on any atom is 0.0761 e. The van der Waals surface area contributed by atoms with Gasteiger partial charge in [-0.3, -0.25) is 14.8 Å². The highest BCUT2D eigenvalue weighted by molar-refractivity contribution is 6.35. The number of hydrogen-bond donors (Lipinski definition) is 1. The minimum absolute atomic E-state index is 0.254. The van der Waals surface area contributed by atoms with Gasteiger partial charge in [0.1, 0.15) is 0 Å². The van der Waals surface area contributed by atoms with Crippen molar-refractivity contribution in [3.05, 3.63) is 41.0 Å². The third-order valence-corrected chi connectivity index (χ3v) is 4.51. The molecule has 1 aromatic heterocycles. The SMILES string of the molecule is C[C@H](O)CN1CCN(Cc2ccc(Cl)c3cccnc23)CC1. The molecule has 0 aliphatic carbocycles. The van der Waals surface area contributed by atoms with Gasteiger partial charge in [0.15, 0.2) is 0 Å². The summed E-state index contributed by atoms with van der Waals surface area (Å²) in [7, 11) is 0. The number of pyridine rings is 1. The van der Waals surface area contributed by atoms with Gasteiger partial charge >= 0.3 is 0 Å². The minimum Gasteiger partial charge on any atom is -0.392 e. The Morgan fingerprint density at radius 2 is 1.91 bits per heavy atom. The van der Waals surface area contributed by atoms with E-state index in [9.17, 15) is 5.11 Å². The number of aromatic nitrogens is 1. The van der Waals surface area contributed by atoms with Gasteiger partial charge in [0.25, 0.3) is 0 Å². The number of rotatable bonds is 4. The number of aliphatic hydroxyl groups excluding tert-OH is 1. The lowest BCUT2D eigenvalue weighted by Crippen LogP contribution is -2.47. The lowest BCUT2D eigenvalue weighted by atomic mass is 10.1. The van der Waals surface area contributed by atoms with E-state index in [2.05, 4.69) is 20.9 Å². The molecule has 1 aliphatic rings. The summed E-state index contributed by atoms with van der Waals surface area (Å²) in [6.07, 6.45) is 1.57. The molecule has 1 saturated heterocycles. The second-order valence-electron chi connectivity index (χ2n) is 6.03. The summed E-state index contributed by atoms with van der Waals surface area (Å²) in [5.74, 6) is 0. The fraction of sp³-hybridized carbons (Fsp3) is 0.471. The molecule has 118 valence electrons. The molecule has 3 rings (SSSR count). The summed E-state index contributed by atoms with van der Waals surface area (Å²) >= 11 is 6.26. The number of aliphatic hydroxyl groups is 1. The number of piperazine rings is 1. The number of halogens is 1. The predicted octanol–water partition coefficient (Wildman–Crippen LogP) is 2.39. The Morgan fingerprint density at radius 3 is 2.64 bits per heavy atom. The van der Waals surface area contributed by atoms with Gasteiger partial charge in [-0.25, -0.2) is 0 Å². The lowest BCUT2D eigenvalue weighted by Gasteiger charge is -2.35. The summed E-state index contributed by atoms with van der Waals surface area (Å²) in [5.41, 5.74) is 2.23. The van der Waals surface area contributed by atoms with Gasteiger partial charge < -0.3 is 5.11 Å². The standard InChI is InChI=1S/C17H22ClN3O/c1-13(22)11-20-7-9-21(10-8-20)12-14-4-5-16(18)15-3-2-6-19-17(14)15/h2-6,13,22H,7-12H2,1H3/t13-/m0/s1. The molecule has 22 heavy (non-hydrogen) atoms. The highest BCUT2D eigenvalue weighted by Crippen LogP contribution is 2.25. The van der Waals surface area contributed by atoms with Crippen LogP contribution in [-0.4, -0.2) is 58.7 Å². The molecule has 1 aromatic carbocycles. The molecule has 0 radical (unpaired) electrons. The summed E-state index contributed by atoms with van der Waals surface area (Å²) in [6.45, 7) is 7.55. The quantitative estimate of drug-likeness (QED) is 0.939. The van der Waals surface area contributed by atoms with Crippen LogP contribution in [-0.2, 0) is 6.54 Å². The van der Waals surface area contributed by atoms with E-state index in [1.807, 2.05) is 31.3 Å². The molecule has 0 spiro atoms. The first-order valence-electron chi connectivity index (χ1n) is 7.78. The monoisotopic (exact) mass is 319 g/mol. The number of hydrogen-bond acceptors (Lipinski definition) is 4. The summed E-state index contributed by atoms with van der Waals surface area (Å²) < 4.78 is 0. The van der Waals surface area contributed by atoms with Crippen LogP contribution in [0.5, 0.6) is 0 Å². The van der Waals surface area contributed by atoms with Crippen molar-refractivity contribution in [2.75, 3.05) is 32.7 Å². The molecule has 0 unspecified atom stereocenters. The van der Waals surface area contributed by atoms with E-state index in [0.717, 1.165) is 55.2 Å². The van der Waals surface area contributed by atoms with Gasteiger partial charge in [-0.15, -0.1) is 0 Å². The van der Waals surface area contributed by atoms with E-state index in [1.165, 1.54) is 5.56 Å². The van der Waals surface area contributed by atoms with E-state index in [4.69, 9.17) is 11.6 Å². The molecule has 1 atom stereocenters. The summed E-state index contributed by atoms with van der Waals surface area (Å²) in [6, 6.07) is 7.99. The number of fused-ring (bicyclic) bond motifs is 1. The highest BCUT2D eigenvalue weighted by atomic mass is 35.5. The van der Waals surface area contributed by atoms with Crippen molar-refractivity contribution in [1.82, 2.24) is 14.8 Å². The summed E-state index contributed by atoms with van der Waals surface area (Å²) in [4.78, 5) is 9.27. The van der Waals surface area contributed by atoms with Gasteiger partial charge in [0.05, 0.1) is 11.6 Å². The highest BCUT2D eigenvalue weighted by Gasteiger charge is 2.19. The average Bonchev–Trinajstić information content (AvgIpc) is 2.52. The van der Waals surface area contributed by atoms with Gasteiger partial charge in [-0.1, -0.05) is 17.7 Å². The Hall–Kier alpha value is -1.20. The molecule has 0 saturated carbocycles. The van der Waals surface area contributed by atoms with Crippen LogP contribution in [0.25, 0.3) is 10.9 Å². The fourth-order valence-electron chi connectivity index (χ4n) is 3.07. The van der Waals surface area contributed by atoms with Gasteiger partial charge in [-0.05, 0) is 30.7 Å². The predicted molar refractivity (Wildman–Crippen MR) is 90.2 cm³/mol. The van der Waals surface area contributed by atoms with E-state index in [0.29, 0.717) is 0 Å². The molecular weight excluding hydrogens is 298 g/mol. The maximum atomic E-state index is 9.47. The van der Waals surface area contributed by atoms with Crippen molar-refractivity contribution in [2.24, 2.45) is 0 Å². The van der Waals surface area contributed by atoms with Crippen LogP contribution in [0.3, 0.4) is 0 Å². The van der Waals surface area contributed by atoms with Crippen molar-refractivity contribution >= 4 is 22.5 Å².